The highest BCUT2D eigenvalue weighted by Crippen LogP contribution is 2.35. The molecule has 9 heteroatoms. The van der Waals surface area contributed by atoms with Gasteiger partial charge in [0.15, 0.2) is 5.82 Å². The number of methoxy groups -OCH3 is 1. The second kappa shape index (κ2) is 7.58. The van der Waals surface area contributed by atoms with Gasteiger partial charge in [-0.05, 0) is 36.8 Å². The molecule has 1 aromatic carbocycles. The monoisotopic (exact) mass is 409 g/mol. The number of fused-ring (bicyclic) bond motifs is 5. The summed E-state index contributed by atoms with van der Waals surface area (Å²) in [5.41, 5.74) is 8.47. The highest BCUT2D eigenvalue weighted by atomic mass is 19.1. The van der Waals surface area contributed by atoms with Crippen LogP contribution in [0.3, 0.4) is 0 Å². The summed E-state index contributed by atoms with van der Waals surface area (Å²) in [4.78, 5) is 27.7. The lowest BCUT2D eigenvalue weighted by Crippen LogP contribution is -2.28. The maximum Gasteiger partial charge on any atom is 0.258 e. The Balaban J connectivity index is 1.97. The van der Waals surface area contributed by atoms with E-state index < -0.39 is 11.9 Å². The summed E-state index contributed by atoms with van der Waals surface area (Å²) in [6, 6.07) is 5.76. The van der Waals surface area contributed by atoms with E-state index >= 15 is 0 Å². The number of hydrogen-bond donors (Lipinski definition) is 1. The number of benzene rings is 1. The molecule has 2 aromatic heterocycles. The van der Waals surface area contributed by atoms with Crippen molar-refractivity contribution in [3.8, 4) is 23.0 Å². The van der Waals surface area contributed by atoms with E-state index in [4.69, 9.17) is 15.2 Å². The number of anilines is 1. The summed E-state index contributed by atoms with van der Waals surface area (Å²) in [5, 5.41) is 0. The Labute approximate surface area is 172 Å². The topological polar surface area (TPSA) is 103 Å². The molecule has 1 amide bonds. The molecule has 0 aliphatic carbocycles. The molecule has 154 valence electrons. The molecular weight excluding hydrogens is 389 g/mol. The molecule has 1 aliphatic rings. The summed E-state index contributed by atoms with van der Waals surface area (Å²) in [7, 11) is 3.17. The summed E-state index contributed by atoms with van der Waals surface area (Å²) in [6.45, 7) is 1.95. The van der Waals surface area contributed by atoms with Crippen molar-refractivity contribution in [2.24, 2.45) is 0 Å². The first-order valence-electron chi connectivity index (χ1n) is 9.25. The van der Waals surface area contributed by atoms with Gasteiger partial charge in [0.25, 0.3) is 11.8 Å². The lowest BCUT2D eigenvalue weighted by atomic mass is 10.0. The summed E-state index contributed by atoms with van der Waals surface area (Å²) >= 11 is 0. The van der Waals surface area contributed by atoms with E-state index in [1.807, 2.05) is 0 Å². The van der Waals surface area contributed by atoms with Crippen LogP contribution in [0.25, 0.3) is 11.3 Å². The minimum atomic E-state index is -0.699. The standard InChI is InChI=1S/C21H20FN5O3/c1-11-15-8-13(22)4-5-14(15)21(28)27(2)10-12-6-7-24-19(29-3)17(12)16-9-25-18(23)20(26-16)30-11/h4-9,11H,10H2,1-3H3,(H2,23,25). The largest absolute Gasteiger partial charge is 0.480 e. The van der Waals surface area contributed by atoms with E-state index in [0.717, 1.165) is 5.56 Å². The van der Waals surface area contributed by atoms with E-state index in [2.05, 4.69) is 15.0 Å². The molecule has 4 rings (SSSR count). The maximum atomic E-state index is 14.0. The zero-order valence-corrected chi connectivity index (χ0v) is 16.7. The normalized spacial score (nSPS) is 15.9. The minimum Gasteiger partial charge on any atom is -0.480 e. The van der Waals surface area contributed by atoms with E-state index in [-0.39, 0.29) is 24.1 Å². The Morgan fingerprint density at radius 3 is 2.87 bits per heavy atom. The smallest absolute Gasteiger partial charge is 0.258 e. The molecule has 2 N–H and O–H groups in total. The highest BCUT2D eigenvalue weighted by Gasteiger charge is 2.26. The van der Waals surface area contributed by atoms with Gasteiger partial charge < -0.3 is 20.1 Å². The van der Waals surface area contributed by atoms with Gasteiger partial charge in [-0.2, -0.15) is 0 Å². The average Bonchev–Trinajstić information content (AvgIpc) is 2.74. The fraction of sp³-hybridized carbons (Fsp3) is 0.238. The van der Waals surface area contributed by atoms with Crippen LogP contribution in [0.1, 0.15) is 34.5 Å². The van der Waals surface area contributed by atoms with Crippen LogP contribution in [-0.4, -0.2) is 39.9 Å². The molecule has 0 saturated heterocycles. The first-order chi connectivity index (χ1) is 14.4. The van der Waals surface area contributed by atoms with Crippen LogP contribution in [0.2, 0.25) is 0 Å². The molecule has 0 radical (unpaired) electrons. The predicted octanol–water partition coefficient (Wildman–Crippen LogP) is 2.99. The van der Waals surface area contributed by atoms with Gasteiger partial charge in [0.05, 0.1) is 24.6 Å². The van der Waals surface area contributed by atoms with Crippen LogP contribution in [0, 0.1) is 5.82 Å². The van der Waals surface area contributed by atoms with E-state index in [1.54, 1.807) is 26.2 Å². The van der Waals surface area contributed by atoms with Crippen LogP contribution >= 0.6 is 0 Å². The quantitative estimate of drug-likeness (QED) is 0.659. The maximum absolute atomic E-state index is 14.0. The van der Waals surface area contributed by atoms with Gasteiger partial charge in [0, 0.05) is 30.9 Å². The Kier molecular flexibility index (Phi) is 4.94. The lowest BCUT2D eigenvalue weighted by molar-refractivity contribution is 0.0779. The Bertz CT molecular complexity index is 1140. The summed E-state index contributed by atoms with van der Waals surface area (Å²) in [6.07, 6.45) is 2.39. The second-order valence-electron chi connectivity index (χ2n) is 6.95. The zero-order chi connectivity index (χ0) is 21.4. The predicted molar refractivity (Wildman–Crippen MR) is 107 cm³/mol. The molecule has 1 atom stereocenters. The fourth-order valence-electron chi connectivity index (χ4n) is 3.46. The number of rotatable bonds is 1. The number of carbonyl (C=O) groups excluding carboxylic acids is 1. The van der Waals surface area contributed by atoms with Crippen LogP contribution < -0.4 is 15.2 Å². The number of ether oxygens (including phenoxy) is 2. The molecule has 3 heterocycles. The van der Waals surface area contributed by atoms with Crippen molar-refractivity contribution in [2.45, 2.75) is 19.6 Å². The number of aromatic nitrogens is 3. The first-order valence-corrected chi connectivity index (χ1v) is 9.25. The first kappa shape index (κ1) is 19.6. The van der Waals surface area contributed by atoms with Crippen molar-refractivity contribution >= 4 is 11.7 Å². The lowest BCUT2D eigenvalue weighted by Gasteiger charge is -2.24. The van der Waals surface area contributed by atoms with Gasteiger partial charge in [0.2, 0.25) is 5.88 Å². The molecule has 2 bridgehead atoms. The van der Waals surface area contributed by atoms with Gasteiger partial charge in [-0.1, -0.05) is 0 Å². The van der Waals surface area contributed by atoms with Gasteiger partial charge in [-0.3, -0.25) is 4.79 Å². The average molecular weight is 409 g/mol. The summed E-state index contributed by atoms with van der Waals surface area (Å²) < 4.78 is 25.3. The molecule has 0 fully saturated rings. The van der Waals surface area contributed by atoms with Crippen LogP contribution in [0.15, 0.2) is 36.7 Å². The van der Waals surface area contributed by atoms with Crippen LogP contribution in [0.5, 0.6) is 11.8 Å². The van der Waals surface area contributed by atoms with E-state index in [9.17, 15) is 9.18 Å². The number of amides is 1. The van der Waals surface area contributed by atoms with E-state index in [1.165, 1.54) is 36.4 Å². The molecule has 1 unspecified atom stereocenters. The Morgan fingerprint density at radius 1 is 1.30 bits per heavy atom. The molecule has 1 aliphatic heterocycles. The van der Waals surface area contributed by atoms with Crippen molar-refractivity contribution in [1.29, 1.82) is 0 Å². The SMILES string of the molecule is COc1nccc2c1-c1cnc(N)c(n1)OC(C)c1cc(F)ccc1C(=O)N(C)C2. The number of hydrogen-bond acceptors (Lipinski definition) is 7. The Morgan fingerprint density at radius 2 is 2.10 bits per heavy atom. The van der Waals surface area contributed by atoms with Crippen molar-refractivity contribution in [1.82, 2.24) is 19.9 Å². The molecule has 30 heavy (non-hydrogen) atoms. The van der Waals surface area contributed by atoms with Gasteiger partial charge in [-0.25, -0.2) is 19.3 Å². The molecular formula is C21H20FN5O3. The van der Waals surface area contributed by atoms with Gasteiger partial charge in [-0.15, -0.1) is 0 Å². The summed E-state index contributed by atoms with van der Waals surface area (Å²) in [5.74, 6) is -0.251. The molecule has 8 nitrogen and oxygen atoms in total. The molecule has 0 saturated carbocycles. The molecule has 0 spiro atoms. The zero-order valence-electron chi connectivity index (χ0n) is 16.7. The number of nitrogens with zero attached hydrogens (tertiary/aromatic N) is 4. The van der Waals surface area contributed by atoms with Crippen molar-refractivity contribution in [3.63, 3.8) is 0 Å². The highest BCUT2D eigenvalue weighted by molar-refractivity contribution is 5.95. The van der Waals surface area contributed by atoms with Gasteiger partial charge >= 0.3 is 0 Å². The third kappa shape index (κ3) is 3.38. The van der Waals surface area contributed by atoms with Crippen molar-refractivity contribution in [2.75, 3.05) is 19.9 Å². The number of pyridine rings is 1. The van der Waals surface area contributed by atoms with Crippen LogP contribution in [-0.2, 0) is 6.54 Å². The fourth-order valence-corrected chi connectivity index (χ4v) is 3.46. The van der Waals surface area contributed by atoms with Gasteiger partial charge in [0.1, 0.15) is 11.9 Å². The minimum absolute atomic E-state index is 0.0773. The number of nitrogens with two attached hydrogens (primary N) is 1. The van der Waals surface area contributed by atoms with E-state index in [0.29, 0.717) is 28.3 Å². The molecule has 3 aromatic rings. The second-order valence-corrected chi connectivity index (χ2v) is 6.95. The van der Waals surface area contributed by atoms with Crippen molar-refractivity contribution in [3.05, 3.63) is 59.2 Å². The Hall–Kier alpha value is -3.75. The number of carbonyl (C=O) groups is 1. The third-order valence-corrected chi connectivity index (χ3v) is 4.94. The van der Waals surface area contributed by atoms with Crippen molar-refractivity contribution < 1.29 is 18.7 Å². The number of nitrogen functional groups attached to an aromatic ring is 1. The third-order valence-electron chi connectivity index (χ3n) is 4.94. The van der Waals surface area contributed by atoms with Crippen LogP contribution in [0.4, 0.5) is 10.2 Å². The number of halogens is 1.